The Morgan fingerprint density at radius 2 is 0.939 bits per heavy atom. The lowest BCUT2D eigenvalue weighted by Crippen LogP contribution is -1.89. The zero-order chi connectivity index (χ0) is 32.1. The number of hydrogen-bond acceptors (Lipinski definition) is 2. The molecule has 0 fully saturated rings. The van der Waals surface area contributed by atoms with Gasteiger partial charge in [-0.2, -0.15) is 0 Å². The summed E-state index contributed by atoms with van der Waals surface area (Å²) in [5.74, 6) is 0. The van der Waals surface area contributed by atoms with Gasteiger partial charge in [-0.15, -0.1) is 11.3 Å². The molecule has 0 aliphatic heterocycles. The quantitative estimate of drug-likeness (QED) is 0.176. The highest BCUT2D eigenvalue weighted by Gasteiger charge is 2.23. The van der Waals surface area contributed by atoms with Crippen molar-refractivity contribution in [1.82, 2.24) is 4.98 Å². The molecule has 0 atom stereocenters. The number of fused-ring (bicyclic) bond motifs is 9. The highest BCUT2D eigenvalue weighted by molar-refractivity contribution is 7.22. The fourth-order valence-electron chi connectivity index (χ4n) is 8.22. The SMILES string of the molecule is c1ccc(-c2nc3ccc4ccc5ccc(-c6ccc(-c7ccc8c9c(cccc79)-c7ccccc7-8)c7ccccc67)cc5c4c3s2)cc1. The third kappa shape index (κ3) is 3.90. The summed E-state index contributed by atoms with van der Waals surface area (Å²) in [6.45, 7) is 0. The molecule has 0 N–H and O–H groups in total. The van der Waals surface area contributed by atoms with Crippen molar-refractivity contribution in [3.63, 3.8) is 0 Å². The van der Waals surface area contributed by atoms with E-state index >= 15 is 0 Å². The lowest BCUT2D eigenvalue weighted by atomic mass is 9.88. The van der Waals surface area contributed by atoms with Crippen LogP contribution in [0.3, 0.4) is 0 Å². The number of nitrogens with zero attached hydrogens (tertiary/aromatic N) is 1. The Hall–Kier alpha value is -6.09. The number of benzene rings is 9. The predicted molar refractivity (Wildman–Crippen MR) is 210 cm³/mol. The third-order valence-corrected chi connectivity index (χ3v) is 11.6. The zero-order valence-corrected chi connectivity index (χ0v) is 27.3. The van der Waals surface area contributed by atoms with Gasteiger partial charge in [0.15, 0.2) is 0 Å². The van der Waals surface area contributed by atoms with Gasteiger partial charge in [-0.25, -0.2) is 4.98 Å². The molecule has 1 aliphatic carbocycles. The van der Waals surface area contributed by atoms with E-state index in [0.717, 1.165) is 16.1 Å². The molecule has 1 aromatic heterocycles. The van der Waals surface area contributed by atoms with Gasteiger partial charge in [0.2, 0.25) is 0 Å². The van der Waals surface area contributed by atoms with Crippen molar-refractivity contribution >= 4 is 64.6 Å². The standard InChI is InChI=1S/C47H27NS/c1-2-9-30(10-3-1)47-48-43-26-21-29-19-17-28-18-20-31(27-42(28)44(29)46(43)49-47)32-22-23-37(34-12-5-4-11-33(32)34)38-24-25-41-36-14-7-6-13-35(36)39-15-8-16-40(38)45(39)41/h1-27H. The Labute approximate surface area is 287 Å². The van der Waals surface area contributed by atoms with E-state index in [0.29, 0.717) is 0 Å². The summed E-state index contributed by atoms with van der Waals surface area (Å²) < 4.78 is 1.24. The number of thiazole rings is 1. The van der Waals surface area contributed by atoms with Gasteiger partial charge in [0.1, 0.15) is 5.01 Å². The summed E-state index contributed by atoms with van der Waals surface area (Å²) in [4.78, 5) is 5.07. The van der Waals surface area contributed by atoms with Gasteiger partial charge in [0.25, 0.3) is 0 Å². The molecule has 1 nitrogen and oxygen atoms in total. The summed E-state index contributed by atoms with van der Waals surface area (Å²) in [5, 5.41) is 11.3. The molecule has 1 aliphatic rings. The first-order chi connectivity index (χ1) is 24.3. The lowest BCUT2D eigenvalue weighted by molar-refractivity contribution is 1.48. The summed E-state index contributed by atoms with van der Waals surface area (Å²) >= 11 is 1.79. The van der Waals surface area contributed by atoms with Crippen LogP contribution < -0.4 is 0 Å². The molecule has 0 saturated heterocycles. The van der Waals surface area contributed by atoms with Crippen molar-refractivity contribution in [3.05, 3.63) is 164 Å². The summed E-state index contributed by atoms with van der Waals surface area (Å²) in [5.41, 5.74) is 12.6. The molecule has 0 radical (unpaired) electrons. The third-order valence-electron chi connectivity index (χ3n) is 10.4. The molecular formula is C47H27NS. The van der Waals surface area contributed by atoms with E-state index in [-0.39, 0.29) is 0 Å². The number of aromatic nitrogens is 1. The normalized spacial score (nSPS) is 12.1. The van der Waals surface area contributed by atoms with Gasteiger partial charge in [-0.3, -0.25) is 0 Å². The molecule has 1 heterocycles. The smallest absolute Gasteiger partial charge is 0.124 e. The molecule has 0 saturated carbocycles. The van der Waals surface area contributed by atoms with Crippen LogP contribution in [0.4, 0.5) is 0 Å². The van der Waals surface area contributed by atoms with E-state index in [1.165, 1.54) is 92.3 Å². The molecule has 0 amide bonds. The average Bonchev–Trinajstić information content (AvgIpc) is 3.76. The van der Waals surface area contributed by atoms with Crippen molar-refractivity contribution in [2.75, 3.05) is 0 Å². The minimum absolute atomic E-state index is 1.05. The molecule has 10 aromatic rings. The summed E-state index contributed by atoms with van der Waals surface area (Å²) in [6, 6.07) is 60.2. The first kappa shape index (κ1) is 26.9. The molecule has 2 heteroatoms. The van der Waals surface area contributed by atoms with Gasteiger partial charge >= 0.3 is 0 Å². The fraction of sp³-hybridized carbons (Fsp3) is 0. The van der Waals surface area contributed by atoms with Crippen LogP contribution in [0.2, 0.25) is 0 Å². The van der Waals surface area contributed by atoms with E-state index in [1.807, 2.05) is 0 Å². The Balaban J connectivity index is 1.11. The van der Waals surface area contributed by atoms with Crippen LogP contribution in [0.15, 0.2) is 164 Å². The molecule has 9 aromatic carbocycles. The van der Waals surface area contributed by atoms with Gasteiger partial charge in [0.05, 0.1) is 10.2 Å². The predicted octanol–water partition coefficient (Wildman–Crippen LogP) is 13.6. The Bertz CT molecular complexity index is 2960. The summed E-state index contributed by atoms with van der Waals surface area (Å²) in [7, 11) is 0. The second kappa shape index (κ2) is 10.2. The zero-order valence-electron chi connectivity index (χ0n) is 26.4. The maximum absolute atomic E-state index is 5.07. The molecular weight excluding hydrogens is 611 g/mol. The second-order valence-electron chi connectivity index (χ2n) is 13.0. The van der Waals surface area contributed by atoms with E-state index in [2.05, 4.69) is 164 Å². The molecule has 0 spiro atoms. The largest absolute Gasteiger partial charge is 0.236 e. The Morgan fingerprint density at radius 1 is 0.347 bits per heavy atom. The second-order valence-corrected chi connectivity index (χ2v) is 14.0. The van der Waals surface area contributed by atoms with Gasteiger partial charge in [-0.1, -0.05) is 152 Å². The molecule has 49 heavy (non-hydrogen) atoms. The Morgan fingerprint density at radius 3 is 1.78 bits per heavy atom. The molecule has 11 rings (SSSR count). The van der Waals surface area contributed by atoms with E-state index in [1.54, 1.807) is 11.3 Å². The molecule has 0 bridgehead atoms. The van der Waals surface area contributed by atoms with Gasteiger partial charge < -0.3 is 0 Å². The van der Waals surface area contributed by atoms with Crippen LogP contribution in [0.1, 0.15) is 0 Å². The maximum atomic E-state index is 5.07. The summed E-state index contributed by atoms with van der Waals surface area (Å²) in [6.07, 6.45) is 0. The first-order valence-electron chi connectivity index (χ1n) is 16.8. The lowest BCUT2D eigenvalue weighted by Gasteiger charge is -2.15. The van der Waals surface area contributed by atoms with Crippen LogP contribution in [-0.2, 0) is 0 Å². The molecule has 0 unspecified atom stereocenters. The minimum atomic E-state index is 1.05. The highest BCUT2D eigenvalue weighted by Crippen LogP contribution is 2.50. The van der Waals surface area contributed by atoms with Gasteiger partial charge in [-0.05, 0) is 94.3 Å². The van der Waals surface area contributed by atoms with Crippen LogP contribution in [-0.4, -0.2) is 4.98 Å². The number of rotatable bonds is 3. The first-order valence-corrected chi connectivity index (χ1v) is 17.6. The number of hydrogen-bond donors (Lipinski definition) is 0. The van der Waals surface area contributed by atoms with Crippen molar-refractivity contribution in [2.45, 2.75) is 0 Å². The van der Waals surface area contributed by atoms with E-state index in [4.69, 9.17) is 4.98 Å². The highest BCUT2D eigenvalue weighted by atomic mass is 32.1. The fourth-order valence-corrected chi connectivity index (χ4v) is 9.36. The van der Waals surface area contributed by atoms with Crippen LogP contribution in [0, 0.1) is 0 Å². The van der Waals surface area contributed by atoms with E-state index in [9.17, 15) is 0 Å². The van der Waals surface area contributed by atoms with Crippen molar-refractivity contribution in [1.29, 1.82) is 0 Å². The van der Waals surface area contributed by atoms with Crippen molar-refractivity contribution in [2.24, 2.45) is 0 Å². The van der Waals surface area contributed by atoms with Crippen LogP contribution in [0.25, 0.3) is 108 Å². The van der Waals surface area contributed by atoms with Crippen molar-refractivity contribution < 1.29 is 0 Å². The van der Waals surface area contributed by atoms with Crippen LogP contribution in [0.5, 0.6) is 0 Å². The van der Waals surface area contributed by atoms with Gasteiger partial charge in [0, 0.05) is 10.9 Å². The minimum Gasteiger partial charge on any atom is -0.236 e. The monoisotopic (exact) mass is 637 g/mol. The Kier molecular flexibility index (Phi) is 5.61. The topological polar surface area (TPSA) is 12.9 Å². The van der Waals surface area contributed by atoms with Crippen LogP contribution >= 0.6 is 11.3 Å². The average molecular weight is 638 g/mol. The van der Waals surface area contributed by atoms with E-state index < -0.39 is 0 Å². The van der Waals surface area contributed by atoms with Crippen molar-refractivity contribution in [3.8, 4) is 55.1 Å². The molecule has 226 valence electrons. The maximum Gasteiger partial charge on any atom is 0.124 e.